The zero-order chi connectivity index (χ0) is 23.3. The summed E-state index contributed by atoms with van der Waals surface area (Å²) in [6.07, 6.45) is 1.44. The highest BCUT2D eigenvalue weighted by Crippen LogP contribution is 2.33. The van der Waals surface area contributed by atoms with Crippen LogP contribution in [0.3, 0.4) is 0 Å². The second-order valence-electron chi connectivity index (χ2n) is 8.96. The van der Waals surface area contributed by atoms with E-state index >= 15 is 0 Å². The molecule has 0 spiro atoms. The van der Waals surface area contributed by atoms with Gasteiger partial charge in [0, 0.05) is 29.9 Å². The fourth-order valence-corrected chi connectivity index (χ4v) is 4.84. The molecule has 0 aliphatic carbocycles. The molecule has 172 valence electrons. The van der Waals surface area contributed by atoms with Crippen molar-refractivity contribution in [1.29, 1.82) is 0 Å². The van der Waals surface area contributed by atoms with Crippen molar-refractivity contribution in [3.05, 3.63) is 90.0 Å². The average Bonchev–Trinajstić information content (AvgIpc) is 2.88. The van der Waals surface area contributed by atoms with E-state index in [4.69, 9.17) is 4.74 Å². The summed E-state index contributed by atoms with van der Waals surface area (Å²) < 4.78 is 5.53. The number of para-hydroxylation sites is 1. The molecular formula is C29H34N2O2. The zero-order valence-corrected chi connectivity index (χ0v) is 20.0. The van der Waals surface area contributed by atoms with Gasteiger partial charge < -0.3 is 9.64 Å². The topological polar surface area (TPSA) is 32.8 Å². The van der Waals surface area contributed by atoms with Crippen molar-refractivity contribution in [2.75, 3.05) is 45.3 Å². The Bertz CT molecular complexity index is 1060. The summed E-state index contributed by atoms with van der Waals surface area (Å²) >= 11 is 0. The van der Waals surface area contributed by atoms with Crippen LogP contribution in [-0.4, -0.2) is 56.6 Å². The zero-order valence-electron chi connectivity index (χ0n) is 20.0. The van der Waals surface area contributed by atoms with Gasteiger partial charge in [0.15, 0.2) is 5.78 Å². The molecule has 33 heavy (non-hydrogen) atoms. The molecule has 0 bridgehead atoms. The van der Waals surface area contributed by atoms with Crippen LogP contribution in [0.2, 0.25) is 0 Å². The standard InChI is InChI=1S/C29H34N2O2/c1-4-29(30(2)3,22-23-10-6-5-7-11-23)28(32)25-16-14-24(15-17-25)26-12-8-9-13-27(26)31-18-20-33-21-19-31/h5-17H,4,18-22H2,1-3H3. The number of hydrogen-bond donors (Lipinski definition) is 0. The van der Waals surface area contributed by atoms with Crippen molar-refractivity contribution in [2.45, 2.75) is 25.3 Å². The summed E-state index contributed by atoms with van der Waals surface area (Å²) in [6, 6.07) is 27.0. The van der Waals surface area contributed by atoms with E-state index in [0.29, 0.717) is 6.42 Å². The van der Waals surface area contributed by atoms with Crippen molar-refractivity contribution in [3.8, 4) is 11.1 Å². The Balaban J connectivity index is 1.63. The number of morpholine rings is 1. The first kappa shape index (κ1) is 23.2. The molecule has 1 aliphatic rings. The molecule has 4 nitrogen and oxygen atoms in total. The van der Waals surface area contributed by atoms with Gasteiger partial charge >= 0.3 is 0 Å². The Labute approximate surface area is 197 Å². The number of ether oxygens (including phenoxy) is 1. The molecule has 0 N–H and O–H groups in total. The number of anilines is 1. The first-order valence-corrected chi connectivity index (χ1v) is 11.8. The van der Waals surface area contributed by atoms with Crippen LogP contribution in [-0.2, 0) is 11.2 Å². The van der Waals surface area contributed by atoms with E-state index in [1.807, 2.05) is 44.4 Å². The first-order chi connectivity index (χ1) is 16.0. The molecule has 1 atom stereocenters. The highest BCUT2D eigenvalue weighted by atomic mass is 16.5. The lowest BCUT2D eigenvalue weighted by Gasteiger charge is -2.38. The summed E-state index contributed by atoms with van der Waals surface area (Å²) in [4.78, 5) is 18.3. The van der Waals surface area contributed by atoms with Gasteiger partial charge in [-0.25, -0.2) is 0 Å². The lowest BCUT2D eigenvalue weighted by atomic mass is 9.80. The van der Waals surface area contributed by atoms with Gasteiger partial charge in [-0.1, -0.05) is 79.7 Å². The van der Waals surface area contributed by atoms with E-state index < -0.39 is 5.54 Å². The van der Waals surface area contributed by atoms with Crippen LogP contribution >= 0.6 is 0 Å². The van der Waals surface area contributed by atoms with Crippen molar-refractivity contribution >= 4 is 11.5 Å². The second-order valence-corrected chi connectivity index (χ2v) is 8.96. The van der Waals surface area contributed by atoms with Gasteiger partial charge in [-0.05, 0) is 44.1 Å². The van der Waals surface area contributed by atoms with E-state index in [1.165, 1.54) is 16.8 Å². The second kappa shape index (κ2) is 10.3. The molecule has 3 aromatic rings. The minimum atomic E-state index is -0.575. The number of nitrogens with zero attached hydrogens (tertiary/aromatic N) is 2. The third-order valence-corrected chi connectivity index (χ3v) is 6.92. The largest absolute Gasteiger partial charge is 0.378 e. The lowest BCUT2D eigenvalue weighted by Crippen LogP contribution is -2.52. The number of hydrogen-bond acceptors (Lipinski definition) is 4. The van der Waals surface area contributed by atoms with Crippen LogP contribution in [0.25, 0.3) is 11.1 Å². The smallest absolute Gasteiger partial charge is 0.183 e. The van der Waals surface area contributed by atoms with Crippen LogP contribution in [0.1, 0.15) is 29.3 Å². The normalized spacial score (nSPS) is 15.9. The number of Topliss-reactive ketones (excluding diaryl/α,β-unsaturated/α-hetero) is 1. The molecule has 0 amide bonds. The molecule has 1 fully saturated rings. The monoisotopic (exact) mass is 442 g/mol. The van der Waals surface area contributed by atoms with Crippen LogP contribution in [0.4, 0.5) is 5.69 Å². The molecular weight excluding hydrogens is 408 g/mol. The first-order valence-electron chi connectivity index (χ1n) is 11.8. The maximum Gasteiger partial charge on any atom is 0.183 e. The van der Waals surface area contributed by atoms with Crippen LogP contribution in [0.15, 0.2) is 78.9 Å². The Morgan fingerprint density at radius 1 is 0.909 bits per heavy atom. The summed E-state index contributed by atoms with van der Waals surface area (Å²) in [5, 5.41) is 0. The maximum absolute atomic E-state index is 13.8. The molecule has 3 aromatic carbocycles. The van der Waals surface area contributed by atoms with Crippen molar-refractivity contribution in [2.24, 2.45) is 0 Å². The number of ketones is 1. The van der Waals surface area contributed by atoms with Gasteiger partial charge in [0.1, 0.15) is 0 Å². The van der Waals surface area contributed by atoms with E-state index in [9.17, 15) is 4.79 Å². The Hall–Kier alpha value is -2.95. The van der Waals surface area contributed by atoms with Crippen LogP contribution in [0.5, 0.6) is 0 Å². The van der Waals surface area contributed by atoms with E-state index in [-0.39, 0.29) is 5.78 Å². The summed E-state index contributed by atoms with van der Waals surface area (Å²) in [6.45, 7) is 5.41. The third kappa shape index (κ3) is 4.87. The molecule has 1 unspecified atom stereocenters. The minimum Gasteiger partial charge on any atom is -0.378 e. The van der Waals surface area contributed by atoms with Gasteiger partial charge in [0.05, 0.1) is 18.8 Å². The number of likely N-dealkylation sites (N-methyl/N-ethyl adjacent to an activating group) is 1. The SMILES string of the molecule is CCC(Cc1ccccc1)(C(=O)c1ccc(-c2ccccc2N2CCOCC2)cc1)N(C)C. The number of carbonyl (C=O) groups excluding carboxylic acids is 1. The van der Waals surface area contributed by atoms with Gasteiger partial charge in [0.2, 0.25) is 0 Å². The van der Waals surface area contributed by atoms with E-state index in [0.717, 1.165) is 43.9 Å². The third-order valence-electron chi connectivity index (χ3n) is 6.92. The number of rotatable bonds is 8. The molecule has 4 heteroatoms. The molecule has 1 aliphatic heterocycles. The van der Waals surface area contributed by atoms with Crippen molar-refractivity contribution < 1.29 is 9.53 Å². The Kier molecular flexibility index (Phi) is 7.26. The predicted molar refractivity (Wildman–Crippen MR) is 136 cm³/mol. The Morgan fingerprint density at radius 3 is 2.18 bits per heavy atom. The highest BCUT2D eigenvalue weighted by Gasteiger charge is 2.39. The summed E-state index contributed by atoms with van der Waals surface area (Å²) in [5.41, 5.74) is 4.90. The van der Waals surface area contributed by atoms with Crippen LogP contribution in [0, 0.1) is 0 Å². The van der Waals surface area contributed by atoms with Crippen molar-refractivity contribution in [3.63, 3.8) is 0 Å². The van der Waals surface area contributed by atoms with Gasteiger partial charge in [-0.2, -0.15) is 0 Å². The van der Waals surface area contributed by atoms with Crippen LogP contribution < -0.4 is 4.90 Å². The average molecular weight is 443 g/mol. The molecule has 0 aromatic heterocycles. The summed E-state index contributed by atoms with van der Waals surface area (Å²) in [7, 11) is 4.02. The molecule has 4 rings (SSSR count). The molecule has 0 radical (unpaired) electrons. The van der Waals surface area contributed by atoms with Gasteiger partial charge in [-0.3, -0.25) is 9.69 Å². The quantitative estimate of drug-likeness (QED) is 0.442. The number of carbonyl (C=O) groups is 1. The van der Waals surface area contributed by atoms with Crippen molar-refractivity contribution in [1.82, 2.24) is 4.90 Å². The summed E-state index contributed by atoms with van der Waals surface area (Å²) in [5.74, 6) is 0.173. The maximum atomic E-state index is 13.8. The molecule has 1 saturated heterocycles. The number of benzene rings is 3. The Morgan fingerprint density at radius 2 is 1.55 bits per heavy atom. The molecule has 0 saturated carbocycles. The fraction of sp³-hybridized carbons (Fsp3) is 0.345. The predicted octanol–water partition coefficient (Wildman–Crippen LogP) is 5.33. The highest BCUT2D eigenvalue weighted by molar-refractivity contribution is 6.03. The van der Waals surface area contributed by atoms with E-state index in [1.54, 1.807) is 0 Å². The van der Waals surface area contributed by atoms with E-state index in [2.05, 4.69) is 65.3 Å². The lowest BCUT2D eigenvalue weighted by molar-refractivity contribution is 0.0666. The fourth-order valence-electron chi connectivity index (χ4n) is 4.84. The van der Waals surface area contributed by atoms with Gasteiger partial charge in [-0.15, -0.1) is 0 Å². The molecule has 1 heterocycles. The van der Waals surface area contributed by atoms with Gasteiger partial charge in [0.25, 0.3) is 0 Å². The minimum absolute atomic E-state index is 0.173.